The van der Waals surface area contributed by atoms with Gasteiger partial charge in [0, 0.05) is 12.1 Å². The summed E-state index contributed by atoms with van der Waals surface area (Å²) in [7, 11) is 0. The van der Waals surface area contributed by atoms with Crippen LogP contribution in [0.2, 0.25) is 0 Å². The molecule has 112 valence electrons. The monoisotopic (exact) mass is 293 g/mol. The van der Waals surface area contributed by atoms with Crippen molar-refractivity contribution in [1.29, 1.82) is 0 Å². The molecule has 1 atom stereocenters. The van der Waals surface area contributed by atoms with Gasteiger partial charge in [-0.2, -0.15) is 0 Å². The van der Waals surface area contributed by atoms with Crippen molar-refractivity contribution < 1.29 is 13.2 Å². The smallest absolute Gasteiger partial charge is 0.126 e. The maximum Gasteiger partial charge on any atom is 0.126 e. The molecule has 0 amide bonds. The average Bonchev–Trinajstić information content (AvgIpc) is 2.40. The molecular formula is C17H18F3N. The Bertz CT molecular complexity index is 561. The van der Waals surface area contributed by atoms with E-state index in [2.05, 4.69) is 5.32 Å². The molecule has 0 bridgehead atoms. The Labute approximate surface area is 122 Å². The van der Waals surface area contributed by atoms with Gasteiger partial charge in [-0.3, -0.25) is 0 Å². The molecular weight excluding hydrogens is 275 g/mol. The van der Waals surface area contributed by atoms with Crippen LogP contribution in [0.25, 0.3) is 0 Å². The molecule has 0 aromatic heterocycles. The van der Waals surface area contributed by atoms with Crippen LogP contribution in [0.1, 0.15) is 18.1 Å². The van der Waals surface area contributed by atoms with Crippen LogP contribution >= 0.6 is 0 Å². The first kappa shape index (κ1) is 15.6. The van der Waals surface area contributed by atoms with Gasteiger partial charge < -0.3 is 5.32 Å². The lowest BCUT2D eigenvalue weighted by Gasteiger charge is -2.18. The Morgan fingerprint density at radius 2 is 1.38 bits per heavy atom. The minimum Gasteiger partial charge on any atom is -0.314 e. The molecule has 2 aromatic carbocycles. The Kier molecular flexibility index (Phi) is 5.39. The van der Waals surface area contributed by atoms with Gasteiger partial charge in [0.1, 0.15) is 17.5 Å². The molecule has 0 saturated carbocycles. The Balaban J connectivity index is 2.09. The van der Waals surface area contributed by atoms with Gasteiger partial charge >= 0.3 is 0 Å². The molecule has 0 heterocycles. The largest absolute Gasteiger partial charge is 0.314 e. The third-order valence-corrected chi connectivity index (χ3v) is 3.29. The predicted octanol–water partition coefficient (Wildman–Crippen LogP) is 3.87. The van der Waals surface area contributed by atoms with E-state index >= 15 is 0 Å². The first-order valence-electron chi connectivity index (χ1n) is 6.99. The zero-order valence-electron chi connectivity index (χ0n) is 11.9. The third-order valence-electron chi connectivity index (χ3n) is 3.29. The molecule has 0 spiro atoms. The summed E-state index contributed by atoms with van der Waals surface area (Å²) in [6.45, 7) is 2.73. The summed E-state index contributed by atoms with van der Waals surface area (Å²) in [5.74, 6) is -1.41. The molecule has 1 unspecified atom stereocenters. The first-order chi connectivity index (χ1) is 10.1. The number of halogens is 3. The molecule has 1 nitrogen and oxygen atoms in total. The number of hydrogen-bond donors (Lipinski definition) is 1. The summed E-state index contributed by atoms with van der Waals surface area (Å²) in [6.07, 6.45) is 1.19. The highest BCUT2D eigenvalue weighted by Crippen LogP contribution is 2.13. The van der Waals surface area contributed by atoms with E-state index in [0.717, 1.165) is 18.2 Å². The number of benzene rings is 2. The summed E-state index contributed by atoms with van der Waals surface area (Å²) < 4.78 is 39.4. The molecule has 0 fully saturated rings. The van der Waals surface area contributed by atoms with Crippen molar-refractivity contribution in [3.63, 3.8) is 0 Å². The molecule has 4 heteroatoms. The van der Waals surface area contributed by atoms with Crippen LogP contribution in [0.5, 0.6) is 0 Å². The average molecular weight is 293 g/mol. The lowest BCUT2D eigenvalue weighted by molar-refractivity contribution is 0.515. The van der Waals surface area contributed by atoms with Gasteiger partial charge in [0.25, 0.3) is 0 Å². The van der Waals surface area contributed by atoms with Crippen LogP contribution in [0.15, 0.2) is 42.5 Å². The summed E-state index contributed by atoms with van der Waals surface area (Å²) in [6, 6.07) is 9.89. The highest BCUT2D eigenvalue weighted by atomic mass is 19.1. The normalized spacial score (nSPS) is 12.4. The van der Waals surface area contributed by atoms with Crippen LogP contribution in [0.3, 0.4) is 0 Å². The Hall–Kier alpha value is -1.81. The molecule has 0 saturated heterocycles. The van der Waals surface area contributed by atoms with E-state index in [0.29, 0.717) is 18.4 Å². The fourth-order valence-corrected chi connectivity index (χ4v) is 2.42. The summed E-state index contributed by atoms with van der Waals surface area (Å²) in [5.41, 5.74) is 1.60. The van der Waals surface area contributed by atoms with Gasteiger partial charge in [0.05, 0.1) is 0 Å². The van der Waals surface area contributed by atoms with E-state index < -0.39 is 11.6 Å². The van der Waals surface area contributed by atoms with Crippen molar-refractivity contribution in [3.05, 3.63) is 71.0 Å². The van der Waals surface area contributed by atoms with Crippen molar-refractivity contribution in [2.24, 2.45) is 0 Å². The van der Waals surface area contributed by atoms with E-state index in [1.165, 1.54) is 24.3 Å². The molecule has 1 N–H and O–H groups in total. The highest BCUT2D eigenvalue weighted by Gasteiger charge is 2.11. The lowest BCUT2D eigenvalue weighted by atomic mass is 9.98. The summed E-state index contributed by atoms with van der Waals surface area (Å²) >= 11 is 0. The second-order valence-electron chi connectivity index (χ2n) is 5.07. The van der Waals surface area contributed by atoms with E-state index in [1.807, 2.05) is 6.92 Å². The van der Waals surface area contributed by atoms with Crippen LogP contribution in [-0.4, -0.2) is 12.6 Å². The maximum atomic E-state index is 13.2. The third kappa shape index (κ3) is 4.90. The fourth-order valence-electron chi connectivity index (χ4n) is 2.42. The van der Waals surface area contributed by atoms with Gasteiger partial charge in [-0.1, -0.05) is 19.1 Å². The van der Waals surface area contributed by atoms with Gasteiger partial charge in [0.2, 0.25) is 0 Å². The molecule has 0 aliphatic rings. The summed E-state index contributed by atoms with van der Waals surface area (Å²) in [4.78, 5) is 0. The Morgan fingerprint density at radius 1 is 0.810 bits per heavy atom. The van der Waals surface area contributed by atoms with Crippen molar-refractivity contribution in [2.75, 3.05) is 6.54 Å². The van der Waals surface area contributed by atoms with Crippen molar-refractivity contribution in [2.45, 2.75) is 25.8 Å². The van der Waals surface area contributed by atoms with Gasteiger partial charge in [-0.05, 0) is 54.8 Å². The van der Waals surface area contributed by atoms with Crippen LogP contribution in [-0.2, 0) is 12.8 Å². The molecule has 2 aromatic rings. The zero-order valence-corrected chi connectivity index (χ0v) is 11.9. The molecule has 0 aliphatic heterocycles. The SMILES string of the molecule is CCNC(Cc1ccc(F)cc1)Cc1cc(F)cc(F)c1. The second kappa shape index (κ2) is 7.27. The van der Waals surface area contributed by atoms with Gasteiger partial charge in [-0.15, -0.1) is 0 Å². The molecule has 0 radical (unpaired) electrons. The topological polar surface area (TPSA) is 12.0 Å². The second-order valence-corrected chi connectivity index (χ2v) is 5.07. The maximum absolute atomic E-state index is 13.2. The fraction of sp³-hybridized carbons (Fsp3) is 0.294. The van der Waals surface area contributed by atoms with Crippen molar-refractivity contribution in [1.82, 2.24) is 5.32 Å². The molecule has 2 rings (SSSR count). The van der Waals surface area contributed by atoms with Crippen molar-refractivity contribution >= 4 is 0 Å². The standard InChI is InChI=1S/C17H18F3N/c1-2-21-17(9-12-3-5-14(18)6-4-12)10-13-7-15(19)11-16(20)8-13/h3-8,11,17,21H,2,9-10H2,1H3. The lowest BCUT2D eigenvalue weighted by Crippen LogP contribution is -2.33. The molecule has 0 aliphatic carbocycles. The van der Waals surface area contributed by atoms with E-state index in [9.17, 15) is 13.2 Å². The minimum absolute atomic E-state index is 0.0432. The minimum atomic E-state index is -0.568. The number of hydrogen-bond acceptors (Lipinski definition) is 1. The Morgan fingerprint density at radius 3 is 1.95 bits per heavy atom. The highest BCUT2D eigenvalue weighted by molar-refractivity contribution is 5.21. The van der Waals surface area contributed by atoms with Gasteiger partial charge in [-0.25, -0.2) is 13.2 Å². The summed E-state index contributed by atoms with van der Waals surface area (Å²) in [5, 5.41) is 3.29. The van der Waals surface area contributed by atoms with E-state index in [-0.39, 0.29) is 11.9 Å². The van der Waals surface area contributed by atoms with Crippen LogP contribution in [0, 0.1) is 17.5 Å². The predicted molar refractivity (Wildman–Crippen MR) is 77.6 cm³/mol. The zero-order chi connectivity index (χ0) is 15.2. The first-order valence-corrected chi connectivity index (χ1v) is 6.99. The number of likely N-dealkylation sites (N-methyl/N-ethyl adjacent to an activating group) is 1. The van der Waals surface area contributed by atoms with Gasteiger partial charge in [0.15, 0.2) is 0 Å². The van der Waals surface area contributed by atoms with E-state index in [1.54, 1.807) is 12.1 Å². The quantitative estimate of drug-likeness (QED) is 0.852. The number of nitrogens with one attached hydrogen (secondary N) is 1. The number of rotatable bonds is 6. The van der Waals surface area contributed by atoms with Crippen molar-refractivity contribution in [3.8, 4) is 0 Å². The van der Waals surface area contributed by atoms with Crippen LogP contribution < -0.4 is 5.32 Å². The van der Waals surface area contributed by atoms with Crippen LogP contribution in [0.4, 0.5) is 13.2 Å². The molecule has 21 heavy (non-hydrogen) atoms. The van der Waals surface area contributed by atoms with E-state index in [4.69, 9.17) is 0 Å².